The van der Waals surface area contributed by atoms with E-state index in [4.69, 9.17) is 5.11 Å². The van der Waals surface area contributed by atoms with Gasteiger partial charge in [-0.1, -0.05) is 23.2 Å². The molecule has 5 nitrogen and oxygen atoms in total. The number of anilines is 1. The van der Waals surface area contributed by atoms with E-state index in [-0.39, 0.29) is 17.7 Å². The van der Waals surface area contributed by atoms with E-state index in [1.807, 2.05) is 0 Å². The molecule has 0 radical (unpaired) electrons. The number of hydrogen-bond acceptors (Lipinski definition) is 5. The van der Waals surface area contributed by atoms with Crippen molar-refractivity contribution in [3.05, 3.63) is 40.7 Å². The lowest BCUT2D eigenvalue weighted by Crippen LogP contribution is -2.13. The number of benzene rings is 1. The highest BCUT2D eigenvalue weighted by atomic mass is 32.1. The van der Waals surface area contributed by atoms with Crippen LogP contribution in [0.1, 0.15) is 15.9 Å². The molecule has 1 aromatic heterocycles. The van der Waals surface area contributed by atoms with Gasteiger partial charge in [0.25, 0.3) is 5.91 Å². The van der Waals surface area contributed by atoms with Gasteiger partial charge in [0, 0.05) is 5.56 Å². The van der Waals surface area contributed by atoms with E-state index in [0.29, 0.717) is 5.13 Å². The minimum atomic E-state index is -0.505. The van der Waals surface area contributed by atoms with E-state index in [2.05, 4.69) is 27.4 Å². The van der Waals surface area contributed by atoms with Gasteiger partial charge in [-0.3, -0.25) is 10.1 Å². The van der Waals surface area contributed by atoms with E-state index in [1.165, 1.54) is 29.0 Å². The highest BCUT2D eigenvalue weighted by Gasteiger charge is 2.12. The number of carbonyl (C=O) groups is 1. The molecule has 96 valence electrons. The van der Waals surface area contributed by atoms with Crippen molar-refractivity contribution in [1.29, 1.82) is 0 Å². The molecule has 0 spiro atoms. The van der Waals surface area contributed by atoms with Gasteiger partial charge in [-0.25, -0.2) is 4.39 Å². The molecular weight excluding hydrogens is 269 g/mol. The molecule has 0 aliphatic rings. The van der Waals surface area contributed by atoms with Crippen molar-refractivity contribution < 1.29 is 14.3 Å². The summed E-state index contributed by atoms with van der Waals surface area (Å²) in [4.78, 5) is 12.0. The van der Waals surface area contributed by atoms with Crippen LogP contribution in [0.4, 0.5) is 9.52 Å². The number of carbonyl (C=O) groups excluding carboxylic acids is 1. The lowest BCUT2D eigenvalue weighted by atomic mass is 10.1. The Morgan fingerprint density at radius 3 is 3.05 bits per heavy atom. The SMILES string of the molecule is O=C(Nc1nncs1)c1ccc(F)cc1C#CCO. The molecular formula is C12H8FN3O2S. The third kappa shape index (κ3) is 3.34. The second-order valence-corrected chi connectivity index (χ2v) is 4.18. The maximum absolute atomic E-state index is 13.1. The van der Waals surface area contributed by atoms with Crippen molar-refractivity contribution in [3.63, 3.8) is 0 Å². The van der Waals surface area contributed by atoms with Crippen LogP contribution < -0.4 is 5.32 Å². The maximum atomic E-state index is 13.1. The van der Waals surface area contributed by atoms with Crippen LogP contribution in [0.25, 0.3) is 0 Å². The minimum Gasteiger partial charge on any atom is -0.384 e. The van der Waals surface area contributed by atoms with Crippen LogP contribution in [0, 0.1) is 17.7 Å². The molecule has 0 aliphatic heterocycles. The number of amides is 1. The summed E-state index contributed by atoms with van der Waals surface area (Å²) in [5, 5.41) is 18.8. The molecule has 1 heterocycles. The Morgan fingerprint density at radius 1 is 1.53 bits per heavy atom. The zero-order valence-corrected chi connectivity index (χ0v) is 10.4. The highest BCUT2D eigenvalue weighted by Crippen LogP contribution is 2.14. The molecule has 0 aliphatic carbocycles. The van der Waals surface area contributed by atoms with Crippen LogP contribution in [0.15, 0.2) is 23.7 Å². The fraction of sp³-hybridized carbons (Fsp3) is 0.0833. The second-order valence-electron chi connectivity index (χ2n) is 3.35. The minimum absolute atomic E-state index is 0.205. The number of aromatic nitrogens is 2. The summed E-state index contributed by atoms with van der Waals surface area (Å²) in [7, 11) is 0. The Balaban J connectivity index is 2.30. The normalized spacial score (nSPS) is 9.58. The first kappa shape index (κ1) is 13.1. The van der Waals surface area contributed by atoms with Crippen molar-refractivity contribution in [2.45, 2.75) is 0 Å². The van der Waals surface area contributed by atoms with Crippen LogP contribution in [-0.2, 0) is 0 Å². The van der Waals surface area contributed by atoms with Gasteiger partial charge in [-0.2, -0.15) is 0 Å². The molecule has 7 heteroatoms. The van der Waals surface area contributed by atoms with Gasteiger partial charge in [0.2, 0.25) is 5.13 Å². The summed E-state index contributed by atoms with van der Waals surface area (Å²) < 4.78 is 13.1. The van der Waals surface area contributed by atoms with Crippen molar-refractivity contribution in [2.24, 2.45) is 0 Å². The fourth-order valence-electron chi connectivity index (χ4n) is 1.34. The third-order valence-corrected chi connectivity index (χ3v) is 2.72. The monoisotopic (exact) mass is 277 g/mol. The van der Waals surface area contributed by atoms with E-state index < -0.39 is 11.7 Å². The number of nitrogens with one attached hydrogen (secondary N) is 1. The van der Waals surface area contributed by atoms with E-state index >= 15 is 0 Å². The summed E-state index contributed by atoms with van der Waals surface area (Å²) in [5.74, 6) is 3.95. The Hall–Kier alpha value is -2.30. The smallest absolute Gasteiger partial charge is 0.258 e. The second kappa shape index (κ2) is 6.04. The lowest BCUT2D eigenvalue weighted by molar-refractivity contribution is 0.102. The first-order valence-electron chi connectivity index (χ1n) is 5.17. The van der Waals surface area contributed by atoms with E-state index in [1.54, 1.807) is 0 Å². The number of nitrogens with zero attached hydrogens (tertiary/aromatic N) is 2. The highest BCUT2D eigenvalue weighted by molar-refractivity contribution is 7.13. The van der Waals surface area contributed by atoms with E-state index in [0.717, 1.165) is 6.07 Å². The molecule has 0 unspecified atom stereocenters. The average molecular weight is 277 g/mol. The van der Waals surface area contributed by atoms with Crippen molar-refractivity contribution in [1.82, 2.24) is 10.2 Å². The molecule has 1 aromatic carbocycles. The third-order valence-electron chi connectivity index (χ3n) is 2.11. The first-order valence-corrected chi connectivity index (χ1v) is 6.05. The van der Waals surface area contributed by atoms with Gasteiger partial charge >= 0.3 is 0 Å². The molecule has 2 N–H and O–H groups in total. The number of halogens is 1. The predicted octanol–water partition coefficient (Wildman–Crippen LogP) is 1.27. The van der Waals surface area contributed by atoms with Crippen molar-refractivity contribution in [3.8, 4) is 11.8 Å². The Morgan fingerprint density at radius 2 is 2.37 bits per heavy atom. The first-order chi connectivity index (χ1) is 9.20. The molecule has 1 amide bonds. The van der Waals surface area contributed by atoms with Gasteiger partial charge in [0.15, 0.2) is 0 Å². The standard InChI is InChI=1S/C12H8FN3O2S/c13-9-3-4-10(8(6-9)2-1-5-17)11(18)15-12-16-14-7-19-12/h3-4,6-7,17H,5H2,(H,15,16,18). The van der Waals surface area contributed by atoms with Gasteiger partial charge in [0.05, 0.1) is 5.56 Å². The number of aliphatic hydroxyl groups excluding tert-OH is 1. The Labute approximate surface area is 112 Å². The zero-order valence-electron chi connectivity index (χ0n) is 9.55. The lowest BCUT2D eigenvalue weighted by Gasteiger charge is -2.04. The molecule has 0 bridgehead atoms. The number of rotatable bonds is 2. The molecule has 0 saturated heterocycles. The van der Waals surface area contributed by atoms with Crippen LogP contribution in [-0.4, -0.2) is 27.8 Å². The summed E-state index contributed by atoms with van der Waals surface area (Å²) in [5.41, 5.74) is 1.89. The number of hydrogen-bond donors (Lipinski definition) is 2. The molecule has 2 rings (SSSR count). The fourth-order valence-corrected chi connectivity index (χ4v) is 1.78. The van der Waals surface area contributed by atoms with E-state index in [9.17, 15) is 9.18 Å². The Kier molecular flexibility index (Phi) is 4.18. The van der Waals surface area contributed by atoms with Gasteiger partial charge in [-0.15, -0.1) is 10.2 Å². The Bertz CT molecular complexity index is 647. The summed E-state index contributed by atoms with van der Waals surface area (Å²) in [6, 6.07) is 3.63. The summed E-state index contributed by atoms with van der Waals surface area (Å²) >= 11 is 1.17. The molecule has 19 heavy (non-hydrogen) atoms. The van der Waals surface area contributed by atoms with Gasteiger partial charge in [-0.05, 0) is 18.2 Å². The summed E-state index contributed by atoms with van der Waals surface area (Å²) in [6.45, 7) is -0.367. The largest absolute Gasteiger partial charge is 0.384 e. The van der Waals surface area contributed by atoms with Crippen LogP contribution in [0.3, 0.4) is 0 Å². The van der Waals surface area contributed by atoms with Gasteiger partial charge in [0.1, 0.15) is 17.9 Å². The molecule has 2 aromatic rings. The van der Waals surface area contributed by atoms with Crippen LogP contribution >= 0.6 is 11.3 Å². The van der Waals surface area contributed by atoms with Crippen LogP contribution in [0.5, 0.6) is 0 Å². The molecule has 0 saturated carbocycles. The zero-order chi connectivity index (χ0) is 13.7. The number of aliphatic hydroxyl groups is 1. The van der Waals surface area contributed by atoms with Crippen molar-refractivity contribution in [2.75, 3.05) is 11.9 Å². The average Bonchev–Trinajstić information content (AvgIpc) is 2.89. The maximum Gasteiger partial charge on any atom is 0.258 e. The van der Waals surface area contributed by atoms with Gasteiger partial charge < -0.3 is 5.11 Å². The predicted molar refractivity (Wildman–Crippen MR) is 68.2 cm³/mol. The van der Waals surface area contributed by atoms with Crippen LogP contribution in [0.2, 0.25) is 0 Å². The van der Waals surface area contributed by atoms with Crippen molar-refractivity contribution >= 4 is 22.4 Å². The molecule has 0 fully saturated rings. The molecule has 0 atom stereocenters. The topological polar surface area (TPSA) is 75.1 Å². The quantitative estimate of drug-likeness (QED) is 0.811. The summed E-state index contributed by atoms with van der Waals surface area (Å²) in [6.07, 6.45) is 0.